The van der Waals surface area contributed by atoms with Gasteiger partial charge in [-0.15, -0.1) is 0 Å². The number of hydrogen-bond donors (Lipinski definition) is 1. The maximum atomic E-state index is 13.4. The molecule has 1 aromatic carbocycles. The molecule has 0 spiro atoms. The van der Waals surface area contributed by atoms with Crippen LogP contribution < -0.4 is 5.73 Å². The summed E-state index contributed by atoms with van der Waals surface area (Å²) in [6.45, 7) is 1.86. The number of nitrogen functional groups attached to an aromatic ring is 1. The lowest BCUT2D eigenvalue weighted by atomic mass is 10.3. The van der Waals surface area contributed by atoms with Crippen LogP contribution in [0, 0.1) is 12.7 Å². The number of halogens is 1. The molecule has 1 heterocycles. The molecule has 2 aromatic rings. The molecule has 0 aliphatic rings. The number of anilines is 1. The van der Waals surface area contributed by atoms with E-state index in [1.165, 1.54) is 17.8 Å². The zero-order chi connectivity index (χ0) is 11.5. The summed E-state index contributed by atoms with van der Waals surface area (Å²) in [5.41, 5.74) is 6.37. The van der Waals surface area contributed by atoms with Gasteiger partial charge < -0.3 is 5.73 Å². The lowest BCUT2D eigenvalue weighted by molar-refractivity contribution is 0.602. The molecule has 2 rings (SSSR count). The minimum absolute atomic E-state index is 0.199. The molecular formula is C11H10FN3S. The summed E-state index contributed by atoms with van der Waals surface area (Å²) in [7, 11) is 0. The fourth-order valence-corrected chi connectivity index (χ4v) is 2.05. The second-order valence-electron chi connectivity index (χ2n) is 3.25. The molecular weight excluding hydrogens is 225 g/mol. The molecule has 3 nitrogen and oxygen atoms in total. The topological polar surface area (TPSA) is 51.8 Å². The van der Waals surface area contributed by atoms with Crippen LogP contribution in [0.4, 0.5) is 10.3 Å². The van der Waals surface area contributed by atoms with Gasteiger partial charge in [0.05, 0.1) is 0 Å². The SMILES string of the molecule is Cc1cnc(N)nc1Sc1ccccc1F. The van der Waals surface area contributed by atoms with Crippen molar-refractivity contribution in [2.75, 3.05) is 5.73 Å². The Hall–Kier alpha value is -1.62. The van der Waals surface area contributed by atoms with Crippen molar-refractivity contribution in [3.63, 3.8) is 0 Å². The van der Waals surface area contributed by atoms with Crippen molar-refractivity contribution in [3.05, 3.63) is 41.8 Å². The summed E-state index contributed by atoms with van der Waals surface area (Å²) >= 11 is 1.25. The first-order chi connectivity index (χ1) is 7.66. The van der Waals surface area contributed by atoms with Crippen molar-refractivity contribution < 1.29 is 4.39 Å². The Morgan fingerprint density at radius 2 is 2.06 bits per heavy atom. The van der Waals surface area contributed by atoms with Gasteiger partial charge in [-0.2, -0.15) is 0 Å². The molecule has 0 fully saturated rings. The van der Waals surface area contributed by atoms with Crippen molar-refractivity contribution >= 4 is 17.7 Å². The van der Waals surface area contributed by atoms with Crippen LogP contribution in [0.25, 0.3) is 0 Å². The Bertz CT molecular complexity index is 516. The fraction of sp³-hybridized carbons (Fsp3) is 0.0909. The Balaban J connectivity index is 2.34. The molecule has 2 N–H and O–H groups in total. The van der Waals surface area contributed by atoms with E-state index in [1.54, 1.807) is 24.4 Å². The third kappa shape index (κ3) is 2.30. The molecule has 0 saturated carbocycles. The number of nitrogens with zero attached hydrogens (tertiary/aromatic N) is 2. The molecule has 0 aliphatic carbocycles. The number of aryl methyl sites for hydroxylation is 1. The van der Waals surface area contributed by atoms with Crippen LogP contribution in [0.5, 0.6) is 0 Å². The Labute approximate surface area is 96.9 Å². The maximum absolute atomic E-state index is 13.4. The molecule has 0 radical (unpaired) electrons. The molecule has 0 bridgehead atoms. The number of benzene rings is 1. The summed E-state index contributed by atoms with van der Waals surface area (Å²) < 4.78 is 13.4. The fourth-order valence-electron chi connectivity index (χ4n) is 1.17. The van der Waals surface area contributed by atoms with E-state index < -0.39 is 0 Å². The number of hydrogen-bond acceptors (Lipinski definition) is 4. The first-order valence-electron chi connectivity index (χ1n) is 4.68. The Morgan fingerprint density at radius 3 is 2.81 bits per heavy atom. The van der Waals surface area contributed by atoms with E-state index in [9.17, 15) is 4.39 Å². The van der Waals surface area contributed by atoms with Crippen molar-refractivity contribution in [2.24, 2.45) is 0 Å². The second kappa shape index (κ2) is 4.49. The van der Waals surface area contributed by atoms with Gasteiger partial charge in [-0.05, 0) is 19.1 Å². The second-order valence-corrected chi connectivity index (χ2v) is 4.28. The monoisotopic (exact) mass is 235 g/mol. The number of aromatic nitrogens is 2. The van der Waals surface area contributed by atoms with E-state index in [0.717, 1.165) is 5.56 Å². The van der Waals surface area contributed by atoms with Gasteiger partial charge in [0.1, 0.15) is 10.8 Å². The van der Waals surface area contributed by atoms with Crippen molar-refractivity contribution in [3.8, 4) is 0 Å². The zero-order valence-electron chi connectivity index (χ0n) is 8.64. The molecule has 82 valence electrons. The maximum Gasteiger partial charge on any atom is 0.221 e. The van der Waals surface area contributed by atoms with Crippen LogP contribution in [-0.4, -0.2) is 9.97 Å². The van der Waals surface area contributed by atoms with Crippen LogP contribution in [0.15, 0.2) is 40.4 Å². The highest BCUT2D eigenvalue weighted by atomic mass is 32.2. The average molecular weight is 235 g/mol. The van der Waals surface area contributed by atoms with E-state index >= 15 is 0 Å². The smallest absolute Gasteiger partial charge is 0.221 e. The standard InChI is InChI=1S/C11H10FN3S/c1-7-6-14-11(13)15-10(7)16-9-5-3-2-4-8(9)12/h2-6H,1H3,(H2,13,14,15). The lowest BCUT2D eigenvalue weighted by Gasteiger charge is -2.05. The van der Waals surface area contributed by atoms with Crippen LogP contribution in [-0.2, 0) is 0 Å². The average Bonchev–Trinajstić information content (AvgIpc) is 2.27. The van der Waals surface area contributed by atoms with Crippen LogP contribution in [0.1, 0.15) is 5.56 Å². The minimum atomic E-state index is -0.260. The molecule has 0 unspecified atom stereocenters. The molecule has 0 amide bonds. The first-order valence-corrected chi connectivity index (χ1v) is 5.50. The van der Waals surface area contributed by atoms with E-state index in [2.05, 4.69) is 9.97 Å². The van der Waals surface area contributed by atoms with Gasteiger partial charge in [0.15, 0.2) is 0 Å². The zero-order valence-corrected chi connectivity index (χ0v) is 9.46. The third-order valence-corrected chi connectivity index (χ3v) is 3.14. The van der Waals surface area contributed by atoms with Gasteiger partial charge in [0, 0.05) is 16.7 Å². The largest absolute Gasteiger partial charge is 0.368 e. The van der Waals surface area contributed by atoms with Gasteiger partial charge in [-0.1, -0.05) is 23.9 Å². The minimum Gasteiger partial charge on any atom is -0.368 e. The van der Waals surface area contributed by atoms with Crippen LogP contribution in [0.2, 0.25) is 0 Å². The lowest BCUT2D eigenvalue weighted by Crippen LogP contribution is -1.97. The number of rotatable bonds is 2. The van der Waals surface area contributed by atoms with Gasteiger partial charge in [0.2, 0.25) is 5.95 Å². The highest BCUT2D eigenvalue weighted by Crippen LogP contribution is 2.30. The molecule has 16 heavy (non-hydrogen) atoms. The summed E-state index contributed by atoms with van der Waals surface area (Å²) in [5, 5.41) is 0.678. The predicted octanol–water partition coefficient (Wildman–Crippen LogP) is 2.66. The predicted molar refractivity (Wildman–Crippen MR) is 61.7 cm³/mol. The van der Waals surface area contributed by atoms with Crippen molar-refractivity contribution in [2.45, 2.75) is 16.8 Å². The van der Waals surface area contributed by atoms with E-state index in [-0.39, 0.29) is 11.8 Å². The molecule has 0 saturated heterocycles. The summed E-state index contributed by atoms with van der Waals surface area (Å²) in [6.07, 6.45) is 1.63. The normalized spacial score (nSPS) is 10.4. The quantitative estimate of drug-likeness (QED) is 0.813. The van der Waals surface area contributed by atoms with Crippen LogP contribution in [0.3, 0.4) is 0 Å². The first kappa shape index (κ1) is 10.9. The number of nitrogens with two attached hydrogens (primary N) is 1. The highest BCUT2D eigenvalue weighted by molar-refractivity contribution is 7.99. The van der Waals surface area contributed by atoms with Gasteiger partial charge in [-0.25, -0.2) is 14.4 Å². The van der Waals surface area contributed by atoms with Gasteiger partial charge >= 0.3 is 0 Å². The van der Waals surface area contributed by atoms with E-state index in [0.29, 0.717) is 9.92 Å². The highest BCUT2D eigenvalue weighted by Gasteiger charge is 2.07. The molecule has 0 atom stereocenters. The molecule has 5 heteroatoms. The Morgan fingerprint density at radius 1 is 1.31 bits per heavy atom. The summed E-state index contributed by atoms with van der Waals surface area (Å²) in [4.78, 5) is 8.47. The molecule has 1 aromatic heterocycles. The summed E-state index contributed by atoms with van der Waals surface area (Å²) in [5.74, 6) is -0.0616. The van der Waals surface area contributed by atoms with Crippen LogP contribution >= 0.6 is 11.8 Å². The van der Waals surface area contributed by atoms with E-state index in [1.807, 2.05) is 6.92 Å². The van der Waals surface area contributed by atoms with Crippen molar-refractivity contribution in [1.29, 1.82) is 0 Å². The van der Waals surface area contributed by atoms with E-state index in [4.69, 9.17) is 5.73 Å². The van der Waals surface area contributed by atoms with Crippen molar-refractivity contribution in [1.82, 2.24) is 9.97 Å². The van der Waals surface area contributed by atoms with Gasteiger partial charge in [-0.3, -0.25) is 0 Å². The third-order valence-electron chi connectivity index (χ3n) is 1.99. The molecule has 0 aliphatic heterocycles. The van der Waals surface area contributed by atoms with Gasteiger partial charge in [0.25, 0.3) is 0 Å². The Kier molecular flexibility index (Phi) is 3.05. The summed E-state index contributed by atoms with van der Waals surface area (Å²) in [6, 6.07) is 6.56.